The fourth-order valence-corrected chi connectivity index (χ4v) is 3.18. The van der Waals surface area contributed by atoms with E-state index >= 15 is 0 Å². The number of furan rings is 1. The van der Waals surface area contributed by atoms with Gasteiger partial charge >= 0.3 is 0 Å². The van der Waals surface area contributed by atoms with Crippen LogP contribution in [0.4, 0.5) is 5.69 Å². The van der Waals surface area contributed by atoms with Crippen LogP contribution in [0.3, 0.4) is 0 Å². The lowest BCUT2D eigenvalue weighted by Crippen LogP contribution is -2.38. The first-order valence-electron chi connectivity index (χ1n) is 7.84. The fraction of sp³-hybridized carbons (Fsp3) is 0.353. The molecule has 2 rings (SSSR count). The number of anilines is 1. The molecule has 1 aromatic heterocycles. The quantitative estimate of drug-likeness (QED) is 0.774. The Morgan fingerprint density at radius 2 is 1.96 bits per heavy atom. The number of rotatable bonds is 8. The van der Waals surface area contributed by atoms with Crippen LogP contribution in [0.1, 0.15) is 24.4 Å². The predicted octanol–water partition coefficient (Wildman–Crippen LogP) is 2.26. The van der Waals surface area contributed by atoms with Crippen molar-refractivity contribution >= 4 is 21.6 Å². The molecule has 0 atom stereocenters. The summed E-state index contributed by atoms with van der Waals surface area (Å²) in [5.74, 6) is 0.250. The second-order valence-corrected chi connectivity index (χ2v) is 7.61. The molecule has 1 N–H and O–H groups in total. The number of nitrogens with zero attached hydrogens (tertiary/aromatic N) is 1. The average Bonchev–Trinajstić information content (AvgIpc) is 3.05. The van der Waals surface area contributed by atoms with Crippen molar-refractivity contribution in [3.8, 4) is 5.75 Å². The van der Waals surface area contributed by atoms with Crippen LogP contribution in [0.5, 0.6) is 5.75 Å². The van der Waals surface area contributed by atoms with E-state index in [-0.39, 0.29) is 25.0 Å². The lowest BCUT2D eigenvalue weighted by Gasteiger charge is -2.25. The number of ether oxygens (including phenoxy) is 1. The van der Waals surface area contributed by atoms with Crippen LogP contribution >= 0.6 is 0 Å². The molecule has 8 heteroatoms. The maximum absolute atomic E-state index is 12.2. The van der Waals surface area contributed by atoms with Crippen LogP contribution in [0.2, 0.25) is 0 Å². The van der Waals surface area contributed by atoms with Crippen molar-refractivity contribution in [2.75, 3.05) is 23.7 Å². The van der Waals surface area contributed by atoms with Gasteiger partial charge in [0.1, 0.15) is 5.75 Å². The number of hydrogen-bond donors (Lipinski definition) is 1. The average molecular weight is 366 g/mol. The maximum Gasteiger partial charge on any atom is 0.287 e. The van der Waals surface area contributed by atoms with Crippen molar-refractivity contribution in [3.05, 3.63) is 48.4 Å². The van der Waals surface area contributed by atoms with Crippen LogP contribution in [0.25, 0.3) is 0 Å². The number of sulfonamides is 1. The van der Waals surface area contributed by atoms with E-state index in [0.29, 0.717) is 11.4 Å². The Kier molecular flexibility index (Phi) is 6.08. The SMILES string of the molecule is CC(C)Oc1ccccc1N(CCNC(=O)c1ccco1)S(C)(=O)=O. The number of benzene rings is 1. The minimum absolute atomic E-state index is 0.0732. The third-order valence-corrected chi connectivity index (χ3v) is 4.42. The van der Waals surface area contributed by atoms with Crippen molar-refractivity contribution in [3.63, 3.8) is 0 Å². The van der Waals surface area contributed by atoms with Crippen molar-refractivity contribution < 1.29 is 22.4 Å². The molecular weight excluding hydrogens is 344 g/mol. The van der Waals surface area contributed by atoms with Gasteiger partial charge < -0.3 is 14.5 Å². The number of nitrogens with one attached hydrogen (secondary N) is 1. The van der Waals surface area contributed by atoms with Gasteiger partial charge in [-0.25, -0.2) is 8.42 Å². The number of carbonyl (C=O) groups excluding carboxylic acids is 1. The third-order valence-electron chi connectivity index (χ3n) is 3.24. The Balaban J connectivity index is 2.14. The molecule has 7 nitrogen and oxygen atoms in total. The summed E-state index contributed by atoms with van der Waals surface area (Å²) in [6, 6.07) is 10.1. The molecule has 0 bridgehead atoms. The van der Waals surface area contributed by atoms with Gasteiger partial charge in [-0.05, 0) is 38.1 Å². The second-order valence-electron chi connectivity index (χ2n) is 5.70. The molecule has 2 aromatic rings. The standard InChI is InChI=1S/C17H22N2O5S/c1-13(2)24-15-8-5-4-7-14(15)19(25(3,21)22)11-10-18-17(20)16-9-6-12-23-16/h4-9,12-13H,10-11H2,1-3H3,(H,18,20). The summed E-state index contributed by atoms with van der Waals surface area (Å²) in [5.41, 5.74) is 0.436. The van der Waals surface area contributed by atoms with E-state index in [1.165, 1.54) is 16.6 Å². The molecule has 0 radical (unpaired) electrons. The van der Waals surface area contributed by atoms with Gasteiger partial charge in [0.25, 0.3) is 5.91 Å². The topological polar surface area (TPSA) is 88.8 Å². The van der Waals surface area contributed by atoms with Crippen molar-refractivity contribution in [2.45, 2.75) is 20.0 Å². The summed E-state index contributed by atoms with van der Waals surface area (Å²) < 4.78 is 36.3. The Bertz CT molecular complexity index is 800. The Morgan fingerprint density at radius 1 is 1.24 bits per heavy atom. The van der Waals surface area contributed by atoms with Crippen LogP contribution in [0.15, 0.2) is 47.1 Å². The van der Waals surface area contributed by atoms with Gasteiger partial charge in [0, 0.05) is 6.54 Å². The molecule has 1 heterocycles. The van der Waals surface area contributed by atoms with Crippen molar-refractivity contribution in [1.29, 1.82) is 0 Å². The lowest BCUT2D eigenvalue weighted by atomic mass is 10.3. The van der Waals surface area contributed by atoms with Gasteiger partial charge in [0.15, 0.2) is 5.76 Å². The normalized spacial score (nSPS) is 11.4. The first-order chi connectivity index (χ1) is 11.8. The van der Waals surface area contributed by atoms with Gasteiger partial charge in [-0.3, -0.25) is 9.10 Å². The van der Waals surface area contributed by atoms with Gasteiger partial charge in [-0.2, -0.15) is 0 Å². The molecule has 0 saturated heterocycles. The molecule has 0 saturated carbocycles. The largest absolute Gasteiger partial charge is 0.489 e. The zero-order valence-electron chi connectivity index (χ0n) is 14.4. The highest BCUT2D eigenvalue weighted by Crippen LogP contribution is 2.30. The second kappa shape index (κ2) is 8.06. The molecular formula is C17H22N2O5S. The summed E-state index contributed by atoms with van der Waals surface area (Å²) >= 11 is 0. The molecule has 136 valence electrons. The molecule has 0 fully saturated rings. The summed E-state index contributed by atoms with van der Waals surface area (Å²) in [7, 11) is -3.55. The number of para-hydroxylation sites is 2. The van der Waals surface area contributed by atoms with E-state index in [0.717, 1.165) is 6.26 Å². The van der Waals surface area contributed by atoms with E-state index in [9.17, 15) is 13.2 Å². The highest BCUT2D eigenvalue weighted by atomic mass is 32.2. The van der Waals surface area contributed by atoms with Crippen LogP contribution in [0, 0.1) is 0 Å². The van der Waals surface area contributed by atoms with Crippen molar-refractivity contribution in [2.24, 2.45) is 0 Å². The molecule has 1 aromatic carbocycles. The zero-order valence-corrected chi connectivity index (χ0v) is 15.2. The van der Waals surface area contributed by atoms with E-state index in [4.69, 9.17) is 9.15 Å². The lowest BCUT2D eigenvalue weighted by molar-refractivity contribution is 0.0927. The van der Waals surface area contributed by atoms with Gasteiger partial charge in [0.2, 0.25) is 10.0 Å². The van der Waals surface area contributed by atoms with Gasteiger partial charge in [-0.15, -0.1) is 0 Å². The molecule has 0 aliphatic heterocycles. The van der Waals surface area contributed by atoms with Gasteiger partial charge in [0.05, 0.1) is 30.9 Å². The van der Waals surface area contributed by atoms with Crippen molar-refractivity contribution in [1.82, 2.24) is 5.32 Å². The van der Waals surface area contributed by atoms with Gasteiger partial charge in [-0.1, -0.05) is 12.1 Å². The van der Waals surface area contributed by atoms with E-state index < -0.39 is 15.9 Å². The van der Waals surface area contributed by atoms with Crippen LogP contribution in [-0.2, 0) is 10.0 Å². The summed E-state index contributed by atoms with van der Waals surface area (Å²) in [5, 5.41) is 2.64. The molecule has 0 unspecified atom stereocenters. The summed E-state index contributed by atoms with van der Waals surface area (Å²) in [4.78, 5) is 11.9. The summed E-state index contributed by atoms with van der Waals surface area (Å²) in [6.07, 6.45) is 2.42. The molecule has 0 spiro atoms. The minimum Gasteiger partial charge on any atom is -0.489 e. The first kappa shape index (κ1) is 18.9. The fourth-order valence-electron chi connectivity index (χ4n) is 2.25. The summed E-state index contributed by atoms with van der Waals surface area (Å²) in [6.45, 7) is 3.93. The molecule has 0 aliphatic rings. The third kappa shape index (κ3) is 5.25. The van der Waals surface area contributed by atoms with Crippen LogP contribution < -0.4 is 14.4 Å². The maximum atomic E-state index is 12.2. The molecule has 0 aliphatic carbocycles. The zero-order chi connectivity index (χ0) is 18.4. The van der Waals surface area contributed by atoms with E-state index in [1.54, 1.807) is 30.3 Å². The predicted molar refractivity (Wildman–Crippen MR) is 95.4 cm³/mol. The Labute approximate surface area is 147 Å². The number of hydrogen-bond acceptors (Lipinski definition) is 5. The first-order valence-corrected chi connectivity index (χ1v) is 9.69. The molecule has 25 heavy (non-hydrogen) atoms. The Morgan fingerprint density at radius 3 is 2.56 bits per heavy atom. The number of carbonyl (C=O) groups is 1. The highest BCUT2D eigenvalue weighted by Gasteiger charge is 2.21. The molecule has 1 amide bonds. The smallest absolute Gasteiger partial charge is 0.287 e. The number of amides is 1. The highest BCUT2D eigenvalue weighted by molar-refractivity contribution is 7.92. The van der Waals surface area contributed by atoms with E-state index in [2.05, 4.69) is 5.32 Å². The Hall–Kier alpha value is -2.48. The van der Waals surface area contributed by atoms with E-state index in [1.807, 2.05) is 13.8 Å². The van der Waals surface area contributed by atoms with Crippen LogP contribution in [-0.4, -0.2) is 39.8 Å². The monoisotopic (exact) mass is 366 g/mol. The minimum atomic E-state index is -3.55.